The summed E-state index contributed by atoms with van der Waals surface area (Å²) in [5.41, 5.74) is -4.67. The first-order valence-corrected chi connectivity index (χ1v) is 29.2. The van der Waals surface area contributed by atoms with Crippen LogP contribution in [0, 0.1) is 0 Å². The fraction of sp³-hybridized carbons (Fsp3) is 0.0769. The predicted octanol–water partition coefficient (Wildman–Crippen LogP) is 15.1. The average molecular weight is 1040 g/mol. The van der Waals surface area contributed by atoms with E-state index in [0.29, 0.717) is 12.3 Å². The fourth-order valence-corrected chi connectivity index (χ4v) is 22.6. The van der Waals surface area contributed by atoms with Crippen LogP contribution in [-0.4, -0.2) is 12.4 Å². The third-order valence-corrected chi connectivity index (χ3v) is 26.0. The fourth-order valence-electron chi connectivity index (χ4n) is 11.1. The van der Waals surface area contributed by atoms with Gasteiger partial charge in [0.15, 0.2) is 0 Å². The normalized spacial score (nSPS) is 13.4. The Morgan fingerprint density at radius 1 is 0.253 bits per heavy atom. The summed E-state index contributed by atoms with van der Waals surface area (Å²) in [7, 11) is 0. The second-order valence-electron chi connectivity index (χ2n) is 18.7. The molecule has 0 atom stereocenters. The van der Waals surface area contributed by atoms with Gasteiger partial charge in [-0.1, -0.05) is 0 Å². The molecule has 75 heavy (non-hydrogen) atoms. The van der Waals surface area contributed by atoms with Crippen LogP contribution in [0.2, 0.25) is 0 Å². The topological polar surface area (TPSA) is 18.5 Å². The van der Waals surface area contributed by atoms with Gasteiger partial charge in [-0.3, -0.25) is 0 Å². The summed E-state index contributed by atoms with van der Waals surface area (Å²) >= 11 is 0. The van der Waals surface area contributed by atoms with Gasteiger partial charge < -0.3 is 0 Å². The molecule has 0 aliphatic carbocycles. The molecule has 10 heteroatoms. The van der Waals surface area contributed by atoms with Crippen LogP contribution < -0.4 is 40.9 Å². The number of hydrogen-bond acceptors (Lipinski definition) is 2. The molecule has 0 heterocycles. The van der Waals surface area contributed by atoms with Crippen molar-refractivity contribution < 1.29 is 35.4 Å². The molecule has 10 rings (SSSR count). The molecule has 376 valence electrons. The Labute approximate surface area is 434 Å². The van der Waals surface area contributed by atoms with Crippen molar-refractivity contribution in [3.63, 3.8) is 0 Å². The first kappa shape index (κ1) is 50.8. The Bertz CT molecular complexity index is 3010. The molecule has 0 bridgehead atoms. The molecule has 0 N–H and O–H groups in total. The third-order valence-electron chi connectivity index (χ3n) is 14.5. The van der Waals surface area contributed by atoms with Crippen LogP contribution in [0.5, 0.6) is 11.5 Å². The van der Waals surface area contributed by atoms with E-state index in [-0.39, 0.29) is 11.5 Å². The molecule has 0 amide bonds. The molecule has 0 saturated heterocycles. The third kappa shape index (κ3) is 8.60. The second kappa shape index (κ2) is 20.2. The van der Waals surface area contributed by atoms with Crippen LogP contribution in [0.15, 0.2) is 291 Å². The van der Waals surface area contributed by atoms with Crippen LogP contribution >= 0.6 is 13.7 Å². The van der Waals surface area contributed by atoms with Crippen molar-refractivity contribution in [2.24, 2.45) is 0 Å². The number of rotatable bonds is 16. The molecule has 0 aliphatic rings. The van der Waals surface area contributed by atoms with Crippen molar-refractivity contribution in [1.29, 1.82) is 0 Å². The Morgan fingerprint density at radius 3 is 0.653 bits per heavy atom. The number of halogens is 6. The molecule has 0 saturated carbocycles. The van der Waals surface area contributed by atoms with Crippen molar-refractivity contribution in [2.75, 3.05) is 0 Å². The van der Waals surface area contributed by atoms with E-state index < -0.39 is 42.6 Å². The van der Waals surface area contributed by atoms with Gasteiger partial charge in [0, 0.05) is 0 Å². The van der Waals surface area contributed by atoms with E-state index in [2.05, 4.69) is 0 Å². The van der Waals surface area contributed by atoms with Gasteiger partial charge in [-0.15, -0.1) is 0 Å². The Morgan fingerprint density at radius 2 is 0.453 bits per heavy atom. The van der Waals surface area contributed by atoms with Gasteiger partial charge in [-0.2, -0.15) is 0 Å². The monoisotopic (exact) mass is 1040 g/mol. The molecule has 0 aromatic heterocycles. The van der Waals surface area contributed by atoms with E-state index in [4.69, 9.17) is 9.05 Å². The van der Waals surface area contributed by atoms with Crippen LogP contribution in [0.4, 0.5) is 26.3 Å². The summed E-state index contributed by atoms with van der Waals surface area (Å²) in [4.78, 5) is 0. The first-order valence-electron chi connectivity index (χ1n) is 24.5. The number of hydrogen-bond donors (Lipinski definition) is 0. The average Bonchev–Trinajstić information content (AvgIpc) is 3.49. The molecule has 2 nitrogen and oxygen atoms in total. The van der Waals surface area contributed by atoms with Crippen molar-refractivity contribution in [2.45, 2.75) is 30.1 Å². The van der Waals surface area contributed by atoms with Crippen LogP contribution in [0.1, 0.15) is 22.3 Å². The van der Waals surface area contributed by atoms with Gasteiger partial charge in [0.1, 0.15) is 0 Å². The molecular weight excluding hydrogens is 989 g/mol. The van der Waals surface area contributed by atoms with Gasteiger partial charge in [0.25, 0.3) is 0 Å². The minimum absolute atomic E-state index is 0.0957. The van der Waals surface area contributed by atoms with Crippen molar-refractivity contribution >= 4 is 45.5 Å². The van der Waals surface area contributed by atoms with E-state index in [1.807, 2.05) is 243 Å². The summed E-state index contributed by atoms with van der Waals surface area (Å²) < 4.78 is 112. The molecule has 0 unspecified atom stereocenters. The summed E-state index contributed by atoms with van der Waals surface area (Å²) in [6.07, 6.45) is -11.1. The SMILES string of the molecule is FC(F)(F)C(c1ccc(OP(Cc2ccccc2)(c2ccccc2)(c2ccccc2)c2ccccc2)cc1)(c1ccc(OP(Cc2ccccc2)(c2ccccc2)(c2ccccc2)c2ccccc2)cc1)C(F)(F)F. The molecule has 10 aromatic carbocycles. The predicted molar refractivity (Wildman–Crippen MR) is 298 cm³/mol. The van der Waals surface area contributed by atoms with Crippen molar-refractivity contribution in [3.8, 4) is 11.5 Å². The summed E-state index contributed by atoms with van der Waals surface area (Å²) in [5.74, 6) is 0.191. The molecule has 0 spiro atoms. The maximum atomic E-state index is 16.2. The van der Waals surface area contributed by atoms with Crippen LogP contribution in [-0.2, 0) is 17.7 Å². The standard InChI is InChI=1S/C65H52F6O2P2/c66-64(67,68)63(65(69,70)71,53-41-45-55(46-42-53)72-74(57-29-13-3-14-30-57,58-31-15-4-16-32-58,59-33-17-5-18-34-59)49-51-25-9-1-10-26-51)54-43-47-56(48-44-54)73-75(60-35-19-6-20-36-60,61-37-21-7-22-38-61,62-39-23-8-24-40-62)50-52-27-11-2-12-28-52/h1-48H,49-50H2. The van der Waals surface area contributed by atoms with E-state index in [1.165, 1.54) is 24.3 Å². The minimum atomic E-state index is -5.87. The van der Waals surface area contributed by atoms with E-state index >= 15 is 26.3 Å². The van der Waals surface area contributed by atoms with Gasteiger partial charge in [0.2, 0.25) is 0 Å². The zero-order valence-electron chi connectivity index (χ0n) is 40.6. The summed E-state index contributed by atoms with van der Waals surface area (Å²) in [5, 5.41) is 4.92. The molecule has 10 aromatic rings. The van der Waals surface area contributed by atoms with Crippen molar-refractivity contribution in [1.82, 2.24) is 0 Å². The maximum absolute atomic E-state index is 16.2. The zero-order chi connectivity index (χ0) is 52.1. The Balaban J connectivity index is 1.14. The second-order valence-corrected chi connectivity index (χ2v) is 27.6. The van der Waals surface area contributed by atoms with E-state index in [0.717, 1.165) is 67.2 Å². The van der Waals surface area contributed by atoms with E-state index in [9.17, 15) is 0 Å². The Kier molecular flexibility index (Phi) is 13.6. The molecular formula is C65H52F6O2P2. The number of benzene rings is 10. The van der Waals surface area contributed by atoms with Gasteiger partial charge in [0.05, 0.1) is 0 Å². The molecule has 0 aliphatic heterocycles. The van der Waals surface area contributed by atoms with Crippen LogP contribution in [0.3, 0.4) is 0 Å². The van der Waals surface area contributed by atoms with Gasteiger partial charge in [-0.05, 0) is 0 Å². The zero-order valence-corrected chi connectivity index (χ0v) is 42.4. The summed E-state index contributed by atoms with van der Waals surface area (Å²) in [6.45, 7) is -8.57. The van der Waals surface area contributed by atoms with Gasteiger partial charge in [-0.25, -0.2) is 0 Å². The Hall–Kier alpha value is -7.76. The van der Waals surface area contributed by atoms with Gasteiger partial charge >= 0.3 is 436 Å². The molecule has 0 fully saturated rings. The first-order chi connectivity index (χ1) is 36.3. The van der Waals surface area contributed by atoms with Crippen molar-refractivity contribution in [3.05, 3.63) is 313 Å². The summed E-state index contributed by atoms with van der Waals surface area (Å²) in [6, 6.07) is 86.2. The van der Waals surface area contributed by atoms with E-state index in [1.54, 1.807) is 0 Å². The quantitative estimate of drug-likeness (QED) is 0.0709. The molecule has 0 radical (unpaired) electrons. The number of alkyl halides is 6. The van der Waals surface area contributed by atoms with Crippen LogP contribution in [0.25, 0.3) is 0 Å².